The molecule has 4 nitrogen and oxygen atoms in total. The van der Waals surface area contributed by atoms with Crippen LogP contribution in [0.1, 0.15) is 18.9 Å². The van der Waals surface area contributed by atoms with Crippen LogP contribution in [0.2, 0.25) is 0 Å². The molecule has 1 rings (SSSR count). The highest BCUT2D eigenvalue weighted by molar-refractivity contribution is 7.98. The Kier molecular flexibility index (Phi) is 6.52. The Labute approximate surface area is 116 Å². The van der Waals surface area contributed by atoms with Crippen LogP contribution in [-0.2, 0) is 5.60 Å². The van der Waals surface area contributed by atoms with Crippen molar-refractivity contribution in [2.45, 2.75) is 18.9 Å². The maximum Gasteiger partial charge on any atom is 0.314 e. The molecule has 0 aliphatic rings. The van der Waals surface area contributed by atoms with Gasteiger partial charge in [0.25, 0.3) is 0 Å². The first-order chi connectivity index (χ1) is 8.56. The van der Waals surface area contributed by atoms with E-state index in [1.165, 1.54) is 11.3 Å². The van der Waals surface area contributed by atoms with E-state index in [-0.39, 0.29) is 12.6 Å². The fraction of sp³-hybridized carbons (Fsp3) is 0.583. The van der Waals surface area contributed by atoms with Crippen molar-refractivity contribution in [1.29, 1.82) is 0 Å². The first-order valence-electron chi connectivity index (χ1n) is 5.82. The number of thiophene rings is 1. The fourth-order valence-corrected chi connectivity index (χ4v) is 2.62. The van der Waals surface area contributed by atoms with Crippen molar-refractivity contribution in [2.24, 2.45) is 0 Å². The highest BCUT2D eigenvalue weighted by atomic mass is 32.2. The maximum atomic E-state index is 11.5. The van der Waals surface area contributed by atoms with Gasteiger partial charge in [-0.3, -0.25) is 0 Å². The van der Waals surface area contributed by atoms with Crippen LogP contribution in [0, 0.1) is 0 Å². The lowest BCUT2D eigenvalue weighted by Gasteiger charge is -2.22. The molecule has 6 heteroatoms. The third-order valence-electron chi connectivity index (χ3n) is 2.55. The number of hydrogen-bond acceptors (Lipinski definition) is 4. The molecule has 1 heterocycles. The van der Waals surface area contributed by atoms with E-state index < -0.39 is 5.60 Å². The SMILES string of the molecule is CSCCCNC(=O)NCC(C)(O)c1ccsc1. The Bertz CT molecular complexity index is 353. The first kappa shape index (κ1) is 15.3. The normalized spacial score (nSPS) is 13.9. The van der Waals surface area contributed by atoms with Gasteiger partial charge in [-0.2, -0.15) is 23.1 Å². The number of hydrogen-bond donors (Lipinski definition) is 3. The smallest absolute Gasteiger partial charge is 0.314 e. The zero-order chi connectivity index (χ0) is 13.4. The number of thioether (sulfide) groups is 1. The van der Waals surface area contributed by atoms with E-state index in [1.807, 2.05) is 23.1 Å². The molecule has 0 radical (unpaired) electrons. The van der Waals surface area contributed by atoms with Crippen LogP contribution < -0.4 is 10.6 Å². The molecular weight excluding hydrogens is 268 g/mol. The summed E-state index contributed by atoms with van der Waals surface area (Å²) in [6.07, 6.45) is 2.99. The van der Waals surface area contributed by atoms with Crippen molar-refractivity contribution in [3.05, 3.63) is 22.4 Å². The van der Waals surface area contributed by atoms with Gasteiger partial charge in [0.05, 0.1) is 6.54 Å². The largest absolute Gasteiger partial charge is 0.384 e. The summed E-state index contributed by atoms with van der Waals surface area (Å²) in [5.41, 5.74) is -0.188. The van der Waals surface area contributed by atoms with Gasteiger partial charge in [-0.1, -0.05) is 0 Å². The van der Waals surface area contributed by atoms with Crippen LogP contribution >= 0.6 is 23.1 Å². The van der Waals surface area contributed by atoms with E-state index >= 15 is 0 Å². The standard InChI is InChI=1S/C12H20N2O2S2/c1-12(16,10-4-7-18-8-10)9-14-11(15)13-5-3-6-17-2/h4,7-8,16H,3,5-6,9H2,1-2H3,(H2,13,14,15). The zero-order valence-corrected chi connectivity index (χ0v) is 12.4. The summed E-state index contributed by atoms with van der Waals surface area (Å²) < 4.78 is 0. The fourth-order valence-electron chi connectivity index (χ4n) is 1.41. The lowest BCUT2D eigenvalue weighted by Crippen LogP contribution is -2.43. The molecule has 2 amide bonds. The van der Waals surface area contributed by atoms with Crippen LogP contribution in [0.3, 0.4) is 0 Å². The molecule has 102 valence electrons. The van der Waals surface area contributed by atoms with E-state index in [0.717, 1.165) is 17.7 Å². The van der Waals surface area contributed by atoms with Gasteiger partial charge in [0.2, 0.25) is 0 Å². The average molecular weight is 288 g/mol. The summed E-state index contributed by atoms with van der Waals surface area (Å²) in [4.78, 5) is 11.5. The topological polar surface area (TPSA) is 61.4 Å². The molecule has 3 N–H and O–H groups in total. The molecule has 0 bridgehead atoms. The Morgan fingerprint density at radius 1 is 1.56 bits per heavy atom. The van der Waals surface area contributed by atoms with Gasteiger partial charge in [-0.05, 0) is 47.7 Å². The van der Waals surface area contributed by atoms with Crippen LogP contribution in [0.4, 0.5) is 4.79 Å². The summed E-state index contributed by atoms with van der Waals surface area (Å²) in [6, 6.07) is 1.63. The van der Waals surface area contributed by atoms with Crippen LogP contribution in [0.25, 0.3) is 0 Å². The predicted molar refractivity (Wildman–Crippen MR) is 78.3 cm³/mol. The number of urea groups is 1. The van der Waals surface area contributed by atoms with Gasteiger partial charge < -0.3 is 15.7 Å². The summed E-state index contributed by atoms with van der Waals surface area (Å²) in [5.74, 6) is 1.03. The minimum Gasteiger partial charge on any atom is -0.384 e. The molecule has 18 heavy (non-hydrogen) atoms. The molecule has 1 atom stereocenters. The number of aliphatic hydroxyl groups is 1. The number of carbonyl (C=O) groups is 1. The van der Waals surface area contributed by atoms with E-state index in [0.29, 0.717) is 6.54 Å². The van der Waals surface area contributed by atoms with Crippen molar-refractivity contribution in [1.82, 2.24) is 10.6 Å². The quantitative estimate of drug-likeness (QED) is 0.673. The van der Waals surface area contributed by atoms with Crippen LogP contribution in [0.5, 0.6) is 0 Å². The Balaban J connectivity index is 2.25. The Morgan fingerprint density at radius 3 is 2.94 bits per heavy atom. The molecular formula is C12H20N2O2S2. The monoisotopic (exact) mass is 288 g/mol. The van der Waals surface area contributed by atoms with Crippen molar-refractivity contribution < 1.29 is 9.90 Å². The molecule has 0 spiro atoms. The number of rotatable bonds is 7. The minimum atomic E-state index is -1.02. The molecule has 0 aliphatic heterocycles. The third-order valence-corrected chi connectivity index (χ3v) is 3.93. The van der Waals surface area contributed by atoms with Gasteiger partial charge >= 0.3 is 6.03 Å². The summed E-state index contributed by atoms with van der Waals surface area (Å²) >= 11 is 3.29. The Hall–Kier alpha value is -0.720. The zero-order valence-electron chi connectivity index (χ0n) is 10.7. The van der Waals surface area contributed by atoms with Gasteiger partial charge in [0, 0.05) is 6.54 Å². The third kappa shape index (κ3) is 5.29. The van der Waals surface area contributed by atoms with Crippen LogP contribution in [0.15, 0.2) is 16.8 Å². The summed E-state index contributed by atoms with van der Waals surface area (Å²) in [7, 11) is 0. The van der Waals surface area contributed by atoms with E-state index in [9.17, 15) is 9.90 Å². The maximum absolute atomic E-state index is 11.5. The number of carbonyl (C=O) groups excluding carboxylic acids is 1. The van der Waals surface area contributed by atoms with Gasteiger partial charge in [0.15, 0.2) is 0 Å². The van der Waals surface area contributed by atoms with Gasteiger partial charge in [-0.15, -0.1) is 0 Å². The molecule has 1 aromatic rings. The minimum absolute atomic E-state index is 0.206. The number of nitrogens with one attached hydrogen (secondary N) is 2. The van der Waals surface area contributed by atoms with Gasteiger partial charge in [0.1, 0.15) is 5.60 Å². The Morgan fingerprint density at radius 2 is 2.33 bits per heavy atom. The molecule has 0 saturated carbocycles. The average Bonchev–Trinajstić information content (AvgIpc) is 2.87. The second-order valence-corrected chi connectivity index (χ2v) is 6.01. The van der Waals surface area contributed by atoms with Crippen molar-refractivity contribution >= 4 is 29.1 Å². The highest BCUT2D eigenvalue weighted by Crippen LogP contribution is 2.21. The van der Waals surface area contributed by atoms with Crippen molar-refractivity contribution in [2.75, 3.05) is 25.1 Å². The molecule has 0 saturated heterocycles. The van der Waals surface area contributed by atoms with E-state index in [4.69, 9.17) is 0 Å². The van der Waals surface area contributed by atoms with Gasteiger partial charge in [-0.25, -0.2) is 4.79 Å². The summed E-state index contributed by atoms with van der Waals surface area (Å²) in [5, 5.41) is 19.4. The second kappa shape index (κ2) is 7.66. The second-order valence-electron chi connectivity index (χ2n) is 4.24. The lowest BCUT2D eigenvalue weighted by atomic mass is 9.99. The van der Waals surface area contributed by atoms with Crippen molar-refractivity contribution in [3.63, 3.8) is 0 Å². The first-order valence-corrected chi connectivity index (χ1v) is 8.15. The van der Waals surface area contributed by atoms with Crippen LogP contribution in [-0.4, -0.2) is 36.2 Å². The molecule has 1 unspecified atom stereocenters. The molecule has 1 aromatic heterocycles. The predicted octanol–water partition coefficient (Wildman–Crippen LogP) is 2.01. The number of amides is 2. The molecule has 0 aliphatic carbocycles. The summed E-state index contributed by atoms with van der Waals surface area (Å²) in [6.45, 7) is 2.56. The molecule has 0 aromatic carbocycles. The lowest BCUT2D eigenvalue weighted by molar-refractivity contribution is 0.0598. The molecule has 0 fully saturated rings. The van der Waals surface area contributed by atoms with Crippen molar-refractivity contribution in [3.8, 4) is 0 Å². The highest BCUT2D eigenvalue weighted by Gasteiger charge is 2.23. The van der Waals surface area contributed by atoms with E-state index in [1.54, 1.807) is 18.7 Å². The van der Waals surface area contributed by atoms with E-state index in [2.05, 4.69) is 10.6 Å².